The fraction of sp³-hybridized carbons (Fsp3) is 0. The number of rotatable bonds is 3. The van der Waals surface area contributed by atoms with E-state index in [-0.39, 0.29) is 23.0 Å². The van der Waals surface area contributed by atoms with Gasteiger partial charge in [-0.15, -0.1) is 22.1 Å². The summed E-state index contributed by atoms with van der Waals surface area (Å²) in [6, 6.07) is 30.0. The van der Waals surface area contributed by atoms with Gasteiger partial charge in [0.2, 0.25) is 0 Å². The van der Waals surface area contributed by atoms with Gasteiger partial charge in [-0.25, -0.2) is 9.97 Å². The zero-order valence-electron chi connectivity index (χ0n) is 22.7. The fourth-order valence-electron chi connectivity index (χ4n) is 4.99. The molecule has 2 aliphatic rings. The van der Waals surface area contributed by atoms with Crippen LogP contribution in [0.15, 0.2) is 97.5 Å². The van der Waals surface area contributed by atoms with E-state index in [1.807, 2.05) is 115 Å². The average molecular weight is 547 g/mol. The van der Waals surface area contributed by atoms with E-state index >= 15 is 0 Å². The third-order valence-electron chi connectivity index (χ3n) is 6.74. The van der Waals surface area contributed by atoms with Crippen LogP contribution in [-0.2, 0) is 16.5 Å². The molecule has 0 unspecified atom stereocenters. The molecule has 0 saturated heterocycles. The minimum Gasteiger partial charge on any atom is -0.657 e. The van der Waals surface area contributed by atoms with Crippen LogP contribution in [0.3, 0.4) is 0 Å². The van der Waals surface area contributed by atoms with Gasteiger partial charge in [0.05, 0.1) is 25.5 Å². The minimum atomic E-state index is -0.321. The van der Waals surface area contributed by atoms with Gasteiger partial charge in [0.25, 0.3) is 0 Å². The summed E-state index contributed by atoms with van der Waals surface area (Å²) < 4.78 is 15.9. The molecule has 0 N–H and O–H groups in total. The van der Waals surface area contributed by atoms with E-state index in [4.69, 9.17) is 22.7 Å². The first-order valence-electron chi connectivity index (χ1n) is 13.4. The number of nitrogens with zero attached hydrogens (tertiary/aromatic N) is 4. The maximum Gasteiger partial charge on any atom is 2.00 e. The second-order valence-electron chi connectivity index (χ2n) is 9.13. The number of benzene rings is 2. The molecule has 7 rings (SSSR count). The summed E-state index contributed by atoms with van der Waals surface area (Å²) in [6.45, 7) is -0.321. The third kappa shape index (κ3) is 4.48. The van der Waals surface area contributed by atoms with Crippen molar-refractivity contribution in [3.05, 3.63) is 126 Å². The number of aromatic nitrogens is 4. The molecule has 5 aromatic rings. The SMILES string of the molecule is [2H]C([2H])=Cc1c2nc(c(-c3ccccc3)c3ccc(cc4nc(c(-c5ccccc5)c5ccc1[n-]5)C=C4)[n-]3)C=C2.[Ni+2]. The first-order valence-corrected chi connectivity index (χ1v) is 12.4. The van der Waals surface area contributed by atoms with Crippen molar-refractivity contribution >= 4 is 52.4 Å². The average Bonchev–Trinajstić information content (AvgIpc) is 3.78. The van der Waals surface area contributed by atoms with Crippen molar-refractivity contribution < 1.29 is 19.2 Å². The summed E-state index contributed by atoms with van der Waals surface area (Å²) >= 11 is 0. The van der Waals surface area contributed by atoms with Crippen molar-refractivity contribution in [3.8, 4) is 22.3 Å². The van der Waals surface area contributed by atoms with Gasteiger partial charge in [-0.3, -0.25) is 0 Å². The molecule has 5 heteroatoms. The third-order valence-corrected chi connectivity index (χ3v) is 6.74. The Balaban J connectivity index is 0.00000302. The number of fused-ring (bicyclic) bond motifs is 8. The van der Waals surface area contributed by atoms with Gasteiger partial charge in [-0.2, -0.15) is 0 Å². The molecule has 39 heavy (non-hydrogen) atoms. The predicted molar refractivity (Wildman–Crippen MR) is 158 cm³/mol. The molecule has 2 aromatic carbocycles. The molecule has 0 amide bonds. The molecule has 0 aliphatic carbocycles. The van der Waals surface area contributed by atoms with E-state index in [0.29, 0.717) is 16.8 Å². The van der Waals surface area contributed by atoms with Crippen molar-refractivity contribution in [2.75, 3.05) is 0 Å². The van der Waals surface area contributed by atoms with Crippen LogP contribution in [0, 0.1) is 0 Å². The molecular formula is C34H22N4Ni. The zero-order valence-corrected chi connectivity index (χ0v) is 21.6. The molecule has 0 fully saturated rings. The van der Waals surface area contributed by atoms with Crippen LogP contribution in [0.2, 0.25) is 0 Å². The largest absolute Gasteiger partial charge is 2.00 e. The van der Waals surface area contributed by atoms with Crippen LogP contribution in [0.5, 0.6) is 0 Å². The quantitative estimate of drug-likeness (QED) is 0.211. The minimum absolute atomic E-state index is 0. The molecule has 5 heterocycles. The van der Waals surface area contributed by atoms with Crippen LogP contribution >= 0.6 is 0 Å². The molecule has 188 valence electrons. The predicted octanol–water partition coefficient (Wildman–Crippen LogP) is 7.89. The van der Waals surface area contributed by atoms with Crippen LogP contribution in [-0.4, -0.2) is 9.97 Å². The Morgan fingerprint density at radius 2 is 1.21 bits per heavy atom. The molecule has 4 nitrogen and oxygen atoms in total. The van der Waals surface area contributed by atoms with Gasteiger partial charge in [-0.05, 0) is 52.1 Å². The molecule has 2 aliphatic heterocycles. The van der Waals surface area contributed by atoms with Crippen LogP contribution in [0.1, 0.15) is 31.1 Å². The Labute approximate surface area is 239 Å². The van der Waals surface area contributed by atoms with Crippen LogP contribution < -0.4 is 9.97 Å². The monoisotopic (exact) mass is 546 g/mol. The zero-order chi connectivity index (χ0) is 27.1. The summed E-state index contributed by atoms with van der Waals surface area (Å²) in [5, 5.41) is 0. The van der Waals surface area contributed by atoms with Crippen molar-refractivity contribution in [2.45, 2.75) is 0 Å². The van der Waals surface area contributed by atoms with E-state index in [0.717, 1.165) is 55.9 Å². The standard InChI is InChI=1S/C34H22N4.Ni/c1-2-26-27-17-19-31(37-27)33(22-9-5-3-6-10-22)29-15-13-24(35-29)21-25-14-16-30(36-25)34(23-11-7-4-8-12-23)32-20-18-28(26)38-32;/h2-21H,1H2;/q-2;+2/i1D2;. The van der Waals surface area contributed by atoms with Crippen molar-refractivity contribution in [1.82, 2.24) is 19.9 Å². The Morgan fingerprint density at radius 3 is 1.92 bits per heavy atom. The van der Waals surface area contributed by atoms with E-state index in [2.05, 4.69) is 0 Å². The van der Waals surface area contributed by atoms with E-state index in [1.165, 1.54) is 6.08 Å². The van der Waals surface area contributed by atoms with Crippen molar-refractivity contribution in [2.24, 2.45) is 0 Å². The van der Waals surface area contributed by atoms with Gasteiger partial charge in [0, 0.05) is 0 Å². The summed E-state index contributed by atoms with van der Waals surface area (Å²) in [6.07, 6.45) is 9.38. The van der Waals surface area contributed by atoms with Gasteiger partial charge in [0.1, 0.15) is 0 Å². The molecule has 0 atom stereocenters. The topological polar surface area (TPSA) is 54.0 Å². The van der Waals surface area contributed by atoms with Gasteiger partial charge < -0.3 is 9.97 Å². The molecule has 0 radical (unpaired) electrons. The summed E-state index contributed by atoms with van der Waals surface area (Å²) in [5.74, 6) is 0. The molecule has 0 saturated carbocycles. The normalized spacial score (nSPS) is 12.4. The molecule has 3 aromatic heterocycles. The Bertz CT molecular complexity index is 1980. The maximum atomic E-state index is 7.93. The summed E-state index contributed by atoms with van der Waals surface area (Å²) in [4.78, 5) is 19.9. The number of hydrogen-bond acceptors (Lipinski definition) is 2. The Kier molecular flexibility index (Phi) is 5.83. The second kappa shape index (κ2) is 10.2. The van der Waals surface area contributed by atoms with Gasteiger partial charge in [0.15, 0.2) is 0 Å². The van der Waals surface area contributed by atoms with Crippen molar-refractivity contribution in [1.29, 1.82) is 0 Å². The maximum absolute atomic E-state index is 7.93. The Morgan fingerprint density at radius 1 is 0.615 bits per heavy atom. The van der Waals surface area contributed by atoms with E-state index in [9.17, 15) is 0 Å². The second-order valence-corrected chi connectivity index (χ2v) is 9.13. The van der Waals surface area contributed by atoms with Gasteiger partial charge in [-0.1, -0.05) is 104 Å². The summed E-state index contributed by atoms with van der Waals surface area (Å²) in [5.41, 5.74) is 10.5. The van der Waals surface area contributed by atoms with E-state index < -0.39 is 0 Å². The van der Waals surface area contributed by atoms with Crippen molar-refractivity contribution in [3.63, 3.8) is 0 Å². The fourth-order valence-corrected chi connectivity index (χ4v) is 4.99. The molecule has 8 bridgehead atoms. The van der Waals surface area contributed by atoms with E-state index in [1.54, 1.807) is 0 Å². The smallest absolute Gasteiger partial charge is 0.657 e. The van der Waals surface area contributed by atoms with Crippen LogP contribution in [0.25, 0.3) is 74.7 Å². The molecular weight excluding hydrogens is 523 g/mol. The number of hydrogen-bond donors (Lipinski definition) is 0. The summed E-state index contributed by atoms with van der Waals surface area (Å²) in [7, 11) is 0. The first kappa shape index (κ1) is 22.3. The van der Waals surface area contributed by atoms with Gasteiger partial charge >= 0.3 is 16.5 Å². The molecule has 0 spiro atoms. The Hall–Kier alpha value is -4.73. The van der Waals surface area contributed by atoms with Crippen LogP contribution in [0.4, 0.5) is 0 Å². The first-order chi connectivity index (χ1) is 19.6.